The largest absolute Gasteiger partial charge is 0.481 e. The first-order chi connectivity index (χ1) is 7.29. The van der Waals surface area contributed by atoms with Gasteiger partial charge in [-0.1, -0.05) is 0 Å². The average molecular weight is 228 g/mol. The van der Waals surface area contributed by atoms with E-state index in [1.165, 1.54) is 0 Å². The molecule has 0 aromatic heterocycles. The second-order valence-electron chi connectivity index (χ2n) is 5.30. The number of carboxylic acid groups (broad SMARTS) is 1. The van der Waals surface area contributed by atoms with Gasteiger partial charge in [-0.15, -0.1) is 0 Å². The molecule has 16 heavy (non-hydrogen) atoms. The van der Waals surface area contributed by atoms with Crippen LogP contribution < -0.4 is 5.32 Å². The lowest BCUT2D eigenvalue weighted by molar-refractivity contribution is -0.143. The van der Waals surface area contributed by atoms with Gasteiger partial charge < -0.3 is 15.3 Å². The van der Waals surface area contributed by atoms with Crippen LogP contribution in [0.5, 0.6) is 0 Å². The highest BCUT2D eigenvalue weighted by molar-refractivity contribution is 5.77. The summed E-state index contributed by atoms with van der Waals surface area (Å²) in [5.41, 5.74) is -0.284. The van der Waals surface area contributed by atoms with Crippen LogP contribution in [0, 0.1) is 5.92 Å². The summed E-state index contributed by atoms with van der Waals surface area (Å²) in [5, 5.41) is 11.8. The Balaban J connectivity index is 2.54. The highest BCUT2D eigenvalue weighted by Crippen LogP contribution is 2.17. The predicted octanol–water partition coefficient (Wildman–Crippen LogP) is 1.29. The summed E-state index contributed by atoms with van der Waals surface area (Å²) >= 11 is 0. The molecule has 1 aliphatic rings. The lowest BCUT2D eigenvalue weighted by atomic mass is 9.98. The fourth-order valence-electron chi connectivity index (χ4n) is 1.76. The van der Waals surface area contributed by atoms with E-state index < -0.39 is 11.9 Å². The highest BCUT2D eigenvalue weighted by Gasteiger charge is 2.29. The van der Waals surface area contributed by atoms with E-state index in [0.29, 0.717) is 19.5 Å². The van der Waals surface area contributed by atoms with Crippen LogP contribution in [0.4, 0.5) is 4.79 Å². The summed E-state index contributed by atoms with van der Waals surface area (Å²) in [5.74, 6) is -1.23. The molecule has 2 amide bonds. The first-order valence-electron chi connectivity index (χ1n) is 5.59. The third kappa shape index (κ3) is 3.72. The maximum absolute atomic E-state index is 11.8. The topological polar surface area (TPSA) is 69.6 Å². The van der Waals surface area contributed by atoms with Crippen LogP contribution in [0.2, 0.25) is 0 Å². The molecule has 1 aliphatic heterocycles. The van der Waals surface area contributed by atoms with Crippen molar-refractivity contribution in [3.05, 3.63) is 0 Å². The number of carbonyl (C=O) groups excluding carboxylic acids is 1. The Morgan fingerprint density at radius 1 is 1.38 bits per heavy atom. The van der Waals surface area contributed by atoms with Crippen LogP contribution in [0.25, 0.3) is 0 Å². The molecule has 0 spiro atoms. The van der Waals surface area contributed by atoms with Crippen molar-refractivity contribution in [2.75, 3.05) is 13.1 Å². The van der Waals surface area contributed by atoms with Crippen LogP contribution in [0.15, 0.2) is 0 Å². The van der Waals surface area contributed by atoms with Gasteiger partial charge in [0.05, 0.1) is 5.92 Å². The molecule has 0 aliphatic carbocycles. The van der Waals surface area contributed by atoms with E-state index >= 15 is 0 Å². The summed E-state index contributed by atoms with van der Waals surface area (Å²) in [7, 11) is 0. The number of nitrogens with zero attached hydrogens (tertiary/aromatic N) is 1. The van der Waals surface area contributed by atoms with Gasteiger partial charge in [0.15, 0.2) is 0 Å². The van der Waals surface area contributed by atoms with Gasteiger partial charge >= 0.3 is 12.0 Å². The van der Waals surface area contributed by atoms with Gasteiger partial charge in [0.2, 0.25) is 0 Å². The zero-order valence-electron chi connectivity index (χ0n) is 10.1. The number of carbonyl (C=O) groups is 2. The first-order valence-corrected chi connectivity index (χ1v) is 5.59. The molecule has 0 saturated carbocycles. The van der Waals surface area contributed by atoms with Crippen LogP contribution in [0.1, 0.15) is 33.6 Å². The summed E-state index contributed by atoms with van der Waals surface area (Å²) in [6.07, 6.45) is 1.42. The van der Waals surface area contributed by atoms with E-state index in [2.05, 4.69) is 5.32 Å². The second-order valence-corrected chi connectivity index (χ2v) is 5.30. The number of hydrogen-bond acceptors (Lipinski definition) is 2. The summed E-state index contributed by atoms with van der Waals surface area (Å²) in [6, 6.07) is -0.168. The number of hydrogen-bond donors (Lipinski definition) is 2. The van der Waals surface area contributed by atoms with Crippen molar-refractivity contribution in [1.82, 2.24) is 10.2 Å². The maximum Gasteiger partial charge on any atom is 0.317 e. The Labute approximate surface area is 95.8 Å². The fourth-order valence-corrected chi connectivity index (χ4v) is 1.76. The molecule has 0 bridgehead atoms. The lowest BCUT2D eigenvalue weighted by Gasteiger charge is -2.33. The Kier molecular flexibility index (Phi) is 3.78. The number of rotatable bonds is 1. The molecule has 1 rings (SSSR count). The Morgan fingerprint density at radius 2 is 2.00 bits per heavy atom. The summed E-state index contributed by atoms with van der Waals surface area (Å²) in [4.78, 5) is 24.2. The molecule has 1 fully saturated rings. The smallest absolute Gasteiger partial charge is 0.317 e. The number of urea groups is 1. The van der Waals surface area contributed by atoms with Crippen LogP contribution in [-0.2, 0) is 4.79 Å². The summed E-state index contributed by atoms with van der Waals surface area (Å²) in [6.45, 7) is 6.68. The van der Waals surface area contributed by atoms with Gasteiger partial charge in [-0.25, -0.2) is 4.79 Å². The van der Waals surface area contributed by atoms with Crippen molar-refractivity contribution in [2.24, 2.45) is 5.92 Å². The van der Waals surface area contributed by atoms with E-state index in [-0.39, 0.29) is 11.6 Å². The maximum atomic E-state index is 11.8. The molecule has 5 heteroatoms. The lowest BCUT2D eigenvalue weighted by Crippen LogP contribution is -2.52. The number of aliphatic carboxylic acids is 1. The van der Waals surface area contributed by atoms with E-state index in [1.807, 2.05) is 20.8 Å². The molecule has 5 nitrogen and oxygen atoms in total. The van der Waals surface area contributed by atoms with Crippen molar-refractivity contribution < 1.29 is 14.7 Å². The van der Waals surface area contributed by atoms with Crippen molar-refractivity contribution >= 4 is 12.0 Å². The van der Waals surface area contributed by atoms with Gasteiger partial charge in [0.25, 0.3) is 0 Å². The third-order valence-corrected chi connectivity index (χ3v) is 2.54. The van der Waals surface area contributed by atoms with Crippen LogP contribution in [0.3, 0.4) is 0 Å². The quantitative estimate of drug-likeness (QED) is 0.710. The molecule has 2 N–H and O–H groups in total. The molecular weight excluding hydrogens is 208 g/mol. The molecular formula is C11H20N2O3. The van der Waals surface area contributed by atoms with Gasteiger partial charge in [-0.3, -0.25) is 4.79 Å². The molecule has 0 radical (unpaired) electrons. The third-order valence-electron chi connectivity index (χ3n) is 2.54. The van der Waals surface area contributed by atoms with Crippen molar-refractivity contribution in [3.63, 3.8) is 0 Å². The minimum atomic E-state index is -0.812. The average Bonchev–Trinajstić information content (AvgIpc) is 2.15. The van der Waals surface area contributed by atoms with Crippen molar-refractivity contribution in [1.29, 1.82) is 0 Å². The second kappa shape index (κ2) is 4.72. The number of nitrogens with one attached hydrogen (secondary N) is 1. The normalized spacial score (nSPS) is 21.7. The molecule has 1 atom stereocenters. The van der Waals surface area contributed by atoms with Crippen molar-refractivity contribution in [3.8, 4) is 0 Å². The van der Waals surface area contributed by atoms with Gasteiger partial charge in [-0.05, 0) is 33.6 Å². The zero-order valence-corrected chi connectivity index (χ0v) is 10.1. The molecule has 1 heterocycles. The van der Waals surface area contributed by atoms with E-state index in [1.54, 1.807) is 4.90 Å². The monoisotopic (exact) mass is 228 g/mol. The highest BCUT2D eigenvalue weighted by atomic mass is 16.4. The SMILES string of the molecule is CC(C)(C)NC(=O)N1CCC[C@H](C(=O)O)C1. The van der Waals surface area contributed by atoms with E-state index in [0.717, 1.165) is 6.42 Å². The number of carboxylic acids is 1. The standard InChI is InChI=1S/C11H20N2O3/c1-11(2,3)12-10(16)13-6-4-5-8(7-13)9(14)15/h8H,4-7H2,1-3H3,(H,12,16)(H,14,15)/t8-/m0/s1. The number of piperidine rings is 1. The number of amides is 2. The van der Waals surface area contributed by atoms with Crippen LogP contribution in [-0.4, -0.2) is 40.6 Å². The molecule has 0 unspecified atom stereocenters. The Bertz CT molecular complexity index is 283. The van der Waals surface area contributed by atoms with Gasteiger partial charge in [0, 0.05) is 18.6 Å². The van der Waals surface area contributed by atoms with E-state index in [4.69, 9.17) is 5.11 Å². The van der Waals surface area contributed by atoms with Crippen LogP contribution >= 0.6 is 0 Å². The first kappa shape index (κ1) is 12.8. The summed E-state index contributed by atoms with van der Waals surface area (Å²) < 4.78 is 0. The minimum Gasteiger partial charge on any atom is -0.481 e. The Hall–Kier alpha value is -1.26. The number of likely N-dealkylation sites (tertiary alicyclic amines) is 1. The molecule has 1 saturated heterocycles. The van der Waals surface area contributed by atoms with Gasteiger partial charge in [0.1, 0.15) is 0 Å². The van der Waals surface area contributed by atoms with E-state index in [9.17, 15) is 9.59 Å². The molecule has 0 aromatic rings. The molecule has 0 aromatic carbocycles. The predicted molar refractivity (Wildman–Crippen MR) is 60.2 cm³/mol. The molecule has 92 valence electrons. The van der Waals surface area contributed by atoms with Gasteiger partial charge in [-0.2, -0.15) is 0 Å². The van der Waals surface area contributed by atoms with Crippen molar-refractivity contribution in [2.45, 2.75) is 39.2 Å². The zero-order chi connectivity index (χ0) is 12.3. The Morgan fingerprint density at radius 3 is 2.50 bits per heavy atom. The fraction of sp³-hybridized carbons (Fsp3) is 0.818. The minimum absolute atomic E-state index is 0.168.